The summed E-state index contributed by atoms with van der Waals surface area (Å²) in [6.07, 6.45) is -0.287. The van der Waals surface area contributed by atoms with Crippen molar-refractivity contribution in [1.29, 1.82) is 0 Å². The van der Waals surface area contributed by atoms with Gasteiger partial charge in [-0.3, -0.25) is 9.59 Å². The summed E-state index contributed by atoms with van der Waals surface area (Å²) >= 11 is 0. The average molecular weight is 372 g/mol. The molecule has 2 aliphatic carbocycles. The zero-order valence-electron chi connectivity index (χ0n) is 15.4. The smallest absolute Gasteiger partial charge is 0.391 e. The first-order chi connectivity index (χ1) is 11.9. The summed E-state index contributed by atoms with van der Waals surface area (Å²) in [6, 6.07) is 0. The minimum absolute atomic E-state index is 0.0350. The standard InChI is InChI=1S/C19H27F3N2O2/c1-17(2)10-18(9-14(23)15(17)25)7-8-24(11-18)16(26)12-3-5-13(6-4-12)19(20,21)22/h9,12-13H,3-8,10-11,23H2,1-2H3/t12?,13?,18-/m0/s1. The fraction of sp³-hybridized carbons (Fsp3) is 0.789. The largest absolute Gasteiger partial charge is 0.396 e. The molecule has 3 aliphatic rings. The second-order valence-corrected chi connectivity index (χ2v) is 8.95. The molecular formula is C19H27F3N2O2. The van der Waals surface area contributed by atoms with E-state index in [4.69, 9.17) is 5.73 Å². The molecule has 1 aliphatic heterocycles. The highest BCUT2D eigenvalue weighted by atomic mass is 19.4. The second kappa shape index (κ2) is 6.27. The Balaban J connectivity index is 1.65. The van der Waals surface area contributed by atoms with Crippen molar-refractivity contribution in [3.63, 3.8) is 0 Å². The van der Waals surface area contributed by atoms with Crippen molar-refractivity contribution >= 4 is 11.7 Å². The number of nitrogens with two attached hydrogens (primary N) is 1. The van der Waals surface area contributed by atoms with Gasteiger partial charge in [0.05, 0.1) is 11.6 Å². The molecular weight excluding hydrogens is 345 g/mol. The fourth-order valence-corrected chi connectivity index (χ4v) is 5.07. The average Bonchev–Trinajstić information content (AvgIpc) is 2.94. The van der Waals surface area contributed by atoms with Gasteiger partial charge in [-0.15, -0.1) is 0 Å². The second-order valence-electron chi connectivity index (χ2n) is 8.95. The maximum Gasteiger partial charge on any atom is 0.391 e. The summed E-state index contributed by atoms with van der Waals surface area (Å²) in [6.45, 7) is 4.83. The number of amides is 1. The Morgan fingerprint density at radius 3 is 2.38 bits per heavy atom. The normalized spacial score (nSPS) is 34.9. The number of rotatable bonds is 1. The molecule has 0 aromatic rings. The van der Waals surface area contributed by atoms with Gasteiger partial charge in [0, 0.05) is 29.8 Å². The first kappa shape index (κ1) is 19.2. The monoisotopic (exact) mass is 372 g/mol. The molecule has 0 aromatic carbocycles. The Morgan fingerprint density at radius 1 is 1.23 bits per heavy atom. The lowest BCUT2D eigenvalue weighted by Crippen LogP contribution is -2.43. The van der Waals surface area contributed by atoms with Crippen LogP contribution in [0, 0.1) is 22.7 Å². The van der Waals surface area contributed by atoms with Crippen LogP contribution in [0.3, 0.4) is 0 Å². The Hall–Kier alpha value is -1.53. The molecule has 1 heterocycles. The van der Waals surface area contributed by atoms with Crippen LogP contribution in [-0.2, 0) is 9.59 Å². The number of carbonyl (C=O) groups excluding carboxylic acids is 2. The van der Waals surface area contributed by atoms with E-state index in [-0.39, 0.29) is 41.6 Å². The van der Waals surface area contributed by atoms with Crippen molar-refractivity contribution in [2.24, 2.45) is 28.4 Å². The molecule has 4 nitrogen and oxygen atoms in total. The number of Topliss-reactive ketones (excluding diaryl/α,β-unsaturated/α-hetero) is 1. The third kappa shape index (κ3) is 3.49. The highest BCUT2D eigenvalue weighted by Gasteiger charge is 2.49. The number of carbonyl (C=O) groups is 2. The van der Waals surface area contributed by atoms with Crippen LogP contribution in [-0.4, -0.2) is 35.9 Å². The van der Waals surface area contributed by atoms with Crippen LogP contribution < -0.4 is 5.73 Å². The van der Waals surface area contributed by atoms with Crippen molar-refractivity contribution in [2.75, 3.05) is 13.1 Å². The molecule has 1 amide bonds. The van der Waals surface area contributed by atoms with E-state index < -0.39 is 17.5 Å². The van der Waals surface area contributed by atoms with Crippen molar-refractivity contribution in [2.45, 2.75) is 58.5 Å². The summed E-state index contributed by atoms with van der Waals surface area (Å²) in [4.78, 5) is 26.8. The van der Waals surface area contributed by atoms with Crippen LogP contribution in [0.15, 0.2) is 11.8 Å². The molecule has 1 saturated heterocycles. The summed E-state index contributed by atoms with van der Waals surface area (Å²) in [5.74, 6) is -1.68. The Kier molecular flexibility index (Phi) is 4.64. The van der Waals surface area contributed by atoms with Crippen molar-refractivity contribution in [3.05, 3.63) is 11.8 Å². The molecule has 3 rings (SSSR count). The van der Waals surface area contributed by atoms with Crippen molar-refractivity contribution in [1.82, 2.24) is 4.90 Å². The van der Waals surface area contributed by atoms with Crippen LogP contribution in [0.4, 0.5) is 13.2 Å². The maximum atomic E-state index is 12.8. The van der Waals surface area contributed by atoms with E-state index in [0.29, 0.717) is 32.4 Å². The molecule has 0 aromatic heterocycles. The Bertz CT molecular complexity index is 633. The molecule has 1 spiro atoms. The summed E-state index contributed by atoms with van der Waals surface area (Å²) < 4.78 is 38.4. The topological polar surface area (TPSA) is 63.4 Å². The lowest BCUT2D eigenvalue weighted by molar-refractivity contribution is -0.185. The maximum absolute atomic E-state index is 12.8. The van der Waals surface area contributed by atoms with Gasteiger partial charge in [0.25, 0.3) is 0 Å². The first-order valence-electron chi connectivity index (χ1n) is 9.32. The summed E-state index contributed by atoms with van der Waals surface area (Å²) in [7, 11) is 0. The first-order valence-corrected chi connectivity index (χ1v) is 9.32. The molecule has 0 unspecified atom stereocenters. The minimum atomic E-state index is -4.16. The van der Waals surface area contributed by atoms with Gasteiger partial charge in [0.15, 0.2) is 5.78 Å². The minimum Gasteiger partial charge on any atom is -0.396 e. The van der Waals surface area contributed by atoms with E-state index in [9.17, 15) is 22.8 Å². The predicted molar refractivity (Wildman–Crippen MR) is 90.8 cm³/mol. The Labute approximate surface area is 152 Å². The van der Waals surface area contributed by atoms with E-state index in [2.05, 4.69) is 0 Å². The third-order valence-electron chi connectivity index (χ3n) is 6.37. The van der Waals surface area contributed by atoms with E-state index in [1.807, 2.05) is 19.9 Å². The van der Waals surface area contributed by atoms with Gasteiger partial charge < -0.3 is 10.6 Å². The van der Waals surface area contributed by atoms with Crippen LogP contribution in [0.25, 0.3) is 0 Å². The molecule has 2 N–H and O–H groups in total. The summed E-state index contributed by atoms with van der Waals surface area (Å²) in [5, 5.41) is 0. The van der Waals surface area contributed by atoms with Gasteiger partial charge in [-0.05, 0) is 44.6 Å². The zero-order chi connectivity index (χ0) is 19.3. The van der Waals surface area contributed by atoms with Crippen LogP contribution in [0.2, 0.25) is 0 Å². The zero-order valence-corrected chi connectivity index (χ0v) is 15.4. The quantitative estimate of drug-likeness (QED) is 0.767. The summed E-state index contributed by atoms with van der Waals surface area (Å²) in [5.41, 5.74) is 5.35. The lowest BCUT2D eigenvalue weighted by atomic mass is 9.65. The number of ketones is 1. The molecule has 0 bridgehead atoms. The Morgan fingerprint density at radius 2 is 1.85 bits per heavy atom. The molecule has 0 radical (unpaired) electrons. The van der Waals surface area contributed by atoms with Crippen LogP contribution in [0.1, 0.15) is 52.4 Å². The molecule has 1 atom stereocenters. The molecule has 7 heteroatoms. The number of halogens is 3. The van der Waals surface area contributed by atoms with Gasteiger partial charge >= 0.3 is 6.18 Å². The number of alkyl halides is 3. The van der Waals surface area contributed by atoms with E-state index in [1.54, 1.807) is 4.90 Å². The van der Waals surface area contributed by atoms with Crippen molar-refractivity contribution < 1.29 is 22.8 Å². The van der Waals surface area contributed by atoms with Crippen molar-refractivity contribution in [3.8, 4) is 0 Å². The van der Waals surface area contributed by atoms with E-state index in [0.717, 1.165) is 6.42 Å². The van der Waals surface area contributed by atoms with E-state index >= 15 is 0 Å². The fourth-order valence-electron chi connectivity index (χ4n) is 5.07. The van der Waals surface area contributed by atoms with Gasteiger partial charge in [-0.1, -0.05) is 13.8 Å². The molecule has 2 fully saturated rings. The molecule has 26 heavy (non-hydrogen) atoms. The highest BCUT2D eigenvalue weighted by Crippen LogP contribution is 2.48. The number of allylic oxidation sites excluding steroid dienone is 1. The van der Waals surface area contributed by atoms with Gasteiger partial charge in [0.1, 0.15) is 0 Å². The van der Waals surface area contributed by atoms with Crippen LogP contribution >= 0.6 is 0 Å². The van der Waals surface area contributed by atoms with Gasteiger partial charge in [-0.2, -0.15) is 13.2 Å². The van der Waals surface area contributed by atoms with E-state index in [1.165, 1.54) is 0 Å². The number of nitrogens with zero attached hydrogens (tertiary/aromatic N) is 1. The third-order valence-corrected chi connectivity index (χ3v) is 6.37. The predicted octanol–water partition coefficient (Wildman–Crippen LogP) is 3.42. The van der Waals surface area contributed by atoms with Crippen LogP contribution in [0.5, 0.6) is 0 Å². The highest BCUT2D eigenvalue weighted by molar-refractivity contribution is 5.99. The lowest BCUT2D eigenvalue weighted by Gasteiger charge is -2.39. The van der Waals surface area contributed by atoms with Gasteiger partial charge in [-0.25, -0.2) is 0 Å². The SMILES string of the molecule is CC1(C)C[C@@]2(C=C(N)C1=O)CCN(C(=O)C1CCC(C(F)(F)F)CC1)C2. The molecule has 146 valence electrons. The molecule has 1 saturated carbocycles. The number of likely N-dealkylation sites (tertiary alicyclic amines) is 1. The number of hydrogen-bond acceptors (Lipinski definition) is 3. The number of hydrogen-bond donors (Lipinski definition) is 1. The van der Waals surface area contributed by atoms with Gasteiger partial charge in [0.2, 0.25) is 5.91 Å².